The first-order valence-corrected chi connectivity index (χ1v) is 7.13. The van der Waals surface area contributed by atoms with E-state index in [1.54, 1.807) is 0 Å². The number of nitrogens with one attached hydrogen (secondary N) is 1. The van der Waals surface area contributed by atoms with Crippen molar-refractivity contribution in [3.05, 3.63) is 70.8 Å². The summed E-state index contributed by atoms with van der Waals surface area (Å²) in [6.07, 6.45) is 0.619. The Kier molecular flexibility index (Phi) is 5.12. The van der Waals surface area contributed by atoms with Crippen molar-refractivity contribution in [1.29, 1.82) is 0 Å². The second-order valence-corrected chi connectivity index (χ2v) is 5.36. The van der Waals surface area contributed by atoms with Crippen molar-refractivity contribution < 1.29 is 9.90 Å². The van der Waals surface area contributed by atoms with Crippen molar-refractivity contribution in [2.45, 2.75) is 26.3 Å². The van der Waals surface area contributed by atoms with Crippen LogP contribution in [0.4, 0.5) is 0 Å². The zero-order chi connectivity index (χ0) is 15.2. The highest BCUT2D eigenvalue weighted by molar-refractivity contribution is 5.96. The maximum atomic E-state index is 12.4. The van der Waals surface area contributed by atoms with Crippen LogP contribution in [0.5, 0.6) is 0 Å². The van der Waals surface area contributed by atoms with Crippen LogP contribution in [0.15, 0.2) is 48.5 Å². The summed E-state index contributed by atoms with van der Waals surface area (Å²) in [6, 6.07) is 15.4. The van der Waals surface area contributed by atoms with Gasteiger partial charge in [0.15, 0.2) is 0 Å². The molecule has 2 rings (SSSR count). The van der Waals surface area contributed by atoms with Crippen molar-refractivity contribution in [3.63, 3.8) is 0 Å². The van der Waals surface area contributed by atoms with E-state index in [4.69, 9.17) is 0 Å². The summed E-state index contributed by atoms with van der Waals surface area (Å²) in [4.78, 5) is 12.4. The average molecular weight is 283 g/mol. The number of aryl methyl sites for hydroxylation is 2. The molecule has 1 unspecified atom stereocenters. The first kappa shape index (κ1) is 15.3. The Bertz CT molecular complexity index is 608. The summed E-state index contributed by atoms with van der Waals surface area (Å²) >= 11 is 0. The molecule has 21 heavy (non-hydrogen) atoms. The number of carbonyl (C=O) groups is 1. The van der Waals surface area contributed by atoms with Gasteiger partial charge in [-0.1, -0.05) is 48.0 Å². The molecule has 0 heterocycles. The third kappa shape index (κ3) is 4.17. The van der Waals surface area contributed by atoms with Crippen LogP contribution in [-0.4, -0.2) is 23.7 Å². The van der Waals surface area contributed by atoms with E-state index in [0.29, 0.717) is 12.0 Å². The Morgan fingerprint density at radius 2 is 1.86 bits per heavy atom. The minimum absolute atomic E-state index is 0.0779. The molecule has 110 valence electrons. The van der Waals surface area contributed by atoms with Crippen molar-refractivity contribution in [2.24, 2.45) is 0 Å². The lowest BCUT2D eigenvalue weighted by molar-refractivity contribution is 0.0916. The summed E-state index contributed by atoms with van der Waals surface area (Å²) in [7, 11) is 0. The molecule has 0 bridgehead atoms. The molecule has 2 aromatic rings. The molecule has 0 aliphatic heterocycles. The van der Waals surface area contributed by atoms with Gasteiger partial charge in [0.05, 0.1) is 12.6 Å². The Labute approximate surface area is 125 Å². The molecule has 0 saturated carbocycles. The molecular weight excluding hydrogens is 262 g/mol. The Balaban J connectivity index is 2.07. The lowest BCUT2D eigenvalue weighted by Gasteiger charge is -2.17. The van der Waals surface area contributed by atoms with Crippen LogP contribution in [0.2, 0.25) is 0 Å². The van der Waals surface area contributed by atoms with Crippen LogP contribution in [0, 0.1) is 13.8 Å². The maximum Gasteiger partial charge on any atom is 0.251 e. The lowest BCUT2D eigenvalue weighted by Crippen LogP contribution is -2.39. The molecule has 1 atom stereocenters. The first-order chi connectivity index (χ1) is 10.1. The first-order valence-electron chi connectivity index (χ1n) is 7.13. The van der Waals surface area contributed by atoms with Gasteiger partial charge in [-0.2, -0.15) is 0 Å². The fraction of sp³-hybridized carbons (Fsp3) is 0.278. The summed E-state index contributed by atoms with van der Waals surface area (Å²) in [5.74, 6) is -0.133. The lowest BCUT2D eigenvalue weighted by atomic mass is 10.0. The zero-order valence-electron chi connectivity index (χ0n) is 12.5. The van der Waals surface area contributed by atoms with Crippen molar-refractivity contribution in [1.82, 2.24) is 5.32 Å². The number of aliphatic hydroxyl groups excluding tert-OH is 1. The highest BCUT2D eigenvalue weighted by Crippen LogP contribution is 2.11. The van der Waals surface area contributed by atoms with E-state index < -0.39 is 0 Å². The molecule has 0 aromatic heterocycles. The van der Waals surface area contributed by atoms with Crippen LogP contribution in [0.25, 0.3) is 0 Å². The highest BCUT2D eigenvalue weighted by Gasteiger charge is 2.15. The van der Waals surface area contributed by atoms with Crippen LogP contribution in [0.3, 0.4) is 0 Å². The van der Waals surface area contributed by atoms with E-state index in [2.05, 4.69) is 5.32 Å². The van der Waals surface area contributed by atoms with Crippen LogP contribution < -0.4 is 5.32 Å². The molecule has 2 N–H and O–H groups in total. The Morgan fingerprint density at radius 3 is 2.52 bits per heavy atom. The quantitative estimate of drug-likeness (QED) is 0.886. The van der Waals surface area contributed by atoms with Gasteiger partial charge in [0.2, 0.25) is 0 Å². The summed E-state index contributed by atoms with van der Waals surface area (Å²) in [6.45, 7) is 3.80. The fourth-order valence-electron chi connectivity index (χ4n) is 2.30. The van der Waals surface area contributed by atoms with Gasteiger partial charge in [-0.15, -0.1) is 0 Å². The second kappa shape index (κ2) is 7.04. The maximum absolute atomic E-state index is 12.4. The van der Waals surface area contributed by atoms with Gasteiger partial charge in [0.25, 0.3) is 5.91 Å². The van der Waals surface area contributed by atoms with Gasteiger partial charge in [0, 0.05) is 5.56 Å². The molecule has 3 heteroatoms. The summed E-state index contributed by atoms with van der Waals surface area (Å²) < 4.78 is 0. The van der Waals surface area contributed by atoms with E-state index in [0.717, 1.165) is 16.7 Å². The topological polar surface area (TPSA) is 49.3 Å². The number of rotatable bonds is 5. The van der Waals surface area contributed by atoms with Crippen LogP contribution in [-0.2, 0) is 6.42 Å². The summed E-state index contributed by atoms with van der Waals surface area (Å²) in [5, 5.41) is 12.4. The highest BCUT2D eigenvalue weighted by atomic mass is 16.3. The number of benzene rings is 2. The summed E-state index contributed by atoms with van der Waals surface area (Å²) in [5.41, 5.74) is 3.75. The zero-order valence-corrected chi connectivity index (χ0v) is 12.5. The average Bonchev–Trinajstić information content (AvgIpc) is 2.50. The molecule has 3 nitrogen and oxygen atoms in total. The number of hydrogen-bond donors (Lipinski definition) is 2. The van der Waals surface area contributed by atoms with Crippen molar-refractivity contribution in [3.8, 4) is 0 Å². The predicted molar refractivity (Wildman–Crippen MR) is 84.4 cm³/mol. The van der Waals surface area contributed by atoms with Gasteiger partial charge < -0.3 is 10.4 Å². The molecule has 0 radical (unpaired) electrons. The molecule has 0 fully saturated rings. The molecule has 0 spiro atoms. The van der Waals surface area contributed by atoms with Crippen molar-refractivity contribution in [2.75, 3.05) is 6.61 Å². The van der Waals surface area contributed by atoms with Crippen LogP contribution in [0.1, 0.15) is 27.0 Å². The monoisotopic (exact) mass is 283 g/mol. The van der Waals surface area contributed by atoms with Gasteiger partial charge in [-0.3, -0.25) is 4.79 Å². The minimum Gasteiger partial charge on any atom is -0.394 e. The van der Waals surface area contributed by atoms with E-state index in [-0.39, 0.29) is 18.6 Å². The van der Waals surface area contributed by atoms with Gasteiger partial charge in [-0.05, 0) is 37.5 Å². The molecule has 1 amide bonds. The second-order valence-electron chi connectivity index (χ2n) is 5.36. The number of hydrogen-bond acceptors (Lipinski definition) is 2. The SMILES string of the molecule is Cc1ccc(C)c(C(=O)NC(CO)Cc2ccccc2)c1. The Morgan fingerprint density at radius 1 is 1.14 bits per heavy atom. The predicted octanol–water partition coefficient (Wildman–Crippen LogP) is 2.64. The van der Waals surface area contributed by atoms with Gasteiger partial charge >= 0.3 is 0 Å². The van der Waals surface area contributed by atoms with E-state index in [1.807, 2.05) is 62.4 Å². The standard InChI is InChI=1S/C18H21NO2/c1-13-8-9-14(2)17(10-13)18(21)19-16(12-20)11-15-6-4-3-5-7-15/h3-10,16,20H,11-12H2,1-2H3,(H,19,21). The smallest absolute Gasteiger partial charge is 0.251 e. The number of aliphatic hydroxyl groups is 1. The largest absolute Gasteiger partial charge is 0.394 e. The van der Waals surface area contributed by atoms with E-state index in [1.165, 1.54) is 0 Å². The molecule has 0 aliphatic rings. The number of carbonyl (C=O) groups excluding carboxylic acids is 1. The van der Waals surface area contributed by atoms with Gasteiger partial charge in [0.1, 0.15) is 0 Å². The molecule has 2 aromatic carbocycles. The number of amides is 1. The van der Waals surface area contributed by atoms with Crippen LogP contribution >= 0.6 is 0 Å². The molecule has 0 saturated heterocycles. The third-order valence-electron chi connectivity index (χ3n) is 3.52. The Hall–Kier alpha value is -2.13. The molecule has 0 aliphatic carbocycles. The van der Waals surface area contributed by atoms with E-state index >= 15 is 0 Å². The fourth-order valence-corrected chi connectivity index (χ4v) is 2.30. The van der Waals surface area contributed by atoms with Crippen molar-refractivity contribution >= 4 is 5.91 Å². The van der Waals surface area contributed by atoms with Gasteiger partial charge in [-0.25, -0.2) is 0 Å². The third-order valence-corrected chi connectivity index (χ3v) is 3.52. The van der Waals surface area contributed by atoms with E-state index in [9.17, 15) is 9.90 Å². The minimum atomic E-state index is -0.278. The normalized spacial score (nSPS) is 12.0. The molecular formula is C18H21NO2.